The van der Waals surface area contributed by atoms with Gasteiger partial charge in [0.1, 0.15) is 28.0 Å². The number of nitrogens with zero attached hydrogens (tertiary/aromatic N) is 1. The largest absolute Gasteiger partial charge is 0.493 e. The van der Waals surface area contributed by atoms with Gasteiger partial charge in [0.2, 0.25) is 5.88 Å². The zero-order valence-electron chi connectivity index (χ0n) is 23.0. The van der Waals surface area contributed by atoms with Gasteiger partial charge in [-0.15, -0.1) is 11.3 Å². The summed E-state index contributed by atoms with van der Waals surface area (Å²) in [6.45, 7) is 2.76. The molecule has 0 radical (unpaired) electrons. The Morgan fingerprint density at radius 3 is 2.67 bits per heavy atom. The van der Waals surface area contributed by atoms with Crippen molar-refractivity contribution in [2.45, 2.75) is 38.5 Å². The van der Waals surface area contributed by atoms with Gasteiger partial charge < -0.3 is 24.7 Å². The number of hydrogen-bond donors (Lipinski definition) is 1. The minimum Gasteiger partial charge on any atom is -0.493 e. The summed E-state index contributed by atoms with van der Waals surface area (Å²) in [5, 5.41) is 11.3. The van der Waals surface area contributed by atoms with E-state index in [2.05, 4.69) is 13.0 Å². The highest BCUT2D eigenvalue weighted by molar-refractivity contribution is 7.21. The molecule has 0 bridgehead atoms. The Balaban J connectivity index is 1.42. The first-order valence-corrected chi connectivity index (χ1v) is 15.0. The minimum absolute atomic E-state index is 0.0316. The Morgan fingerprint density at radius 1 is 1.10 bits per heavy atom. The topological polar surface area (TPSA) is 104 Å². The minimum atomic E-state index is -0.624. The lowest BCUT2D eigenvalue weighted by Gasteiger charge is -2.27. The molecule has 1 atom stereocenters. The smallest absolute Gasteiger partial charge is 0.355 e. The molecular weight excluding hydrogens is 595 g/mol. The number of rotatable bonds is 10. The Kier molecular flexibility index (Phi) is 9.12. The Morgan fingerprint density at radius 2 is 1.93 bits per heavy atom. The maximum Gasteiger partial charge on any atom is 0.355 e. The van der Waals surface area contributed by atoms with Crippen molar-refractivity contribution >= 4 is 50.6 Å². The van der Waals surface area contributed by atoms with Crippen LogP contribution in [0.2, 0.25) is 10.0 Å². The molecule has 2 heterocycles. The highest BCUT2D eigenvalue weighted by Crippen LogP contribution is 2.46. The lowest BCUT2D eigenvalue weighted by atomic mass is 9.83. The zero-order chi connectivity index (χ0) is 29.8. The Bertz CT molecular complexity index is 1730. The van der Waals surface area contributed by atoms with Crippen molar-refractivity contribution in [1.29, 1.82) is 5.26 Å². The van der Waals surface area contributed by atoms with E-state index in [4.69, 9.17) is 47.9 Å². The van der Waals surface area contributed by atoms with Crippen molar-refractivity contribution < 1.29 is 23.7 Å². The molecule has 0 saturated carbocycles. The lowest BCUT2D eigenvalue weighted by molar-refractivity contribution is 0.0740. The number of benzene rings is 3. The van der Waals surface area contributed by atoms with E-state index >= 15 is 0 Å². The molecular formula is C32H28Cl2N2O5S. The second-order valence-electron chi connectivity index (χ2n) is 9.69. The number of methoxy groups -OCH3 is 1. The molecule has 1 aliphatic heterocycles. The molecule has 1 unspecified atom stereocenters. The fraction of sp³-hybridized carbons (Fsp3) is 0.250. The summed E-state index contributed by atoms with van der Waals surface area (Å²) in [6.07, 6.45) is 4.39. The number of halogens is 2. The van der Waals surface area contributed by atoms with Gasteiger partial charge in [0, 0.05) is 21.7 Å². The number of fused-ring (bicyclic) bond motifs is 2. The van der Waals surface area contributed by atoms with Crippen LogP contribution in [0.25, 0.3) is 10.1 Å². The lowest BCUT2D eigenvalue weighted by Crippen LogP contribution is -2.21. The Labute approximate surface area is 258 Å². The van der Waals surface area contributed by atoms with Crippen LogP contribution in [0.1, 0.15) is 59.3 Å². The van der Waals surface area contributed by atoms with Gasteiger partial charge in [-0.2, -0.15) is 5.26 Å². The number of unbranched alkanes of at least 4 members (excludes halogenated alkanes) is 3. The summed E-state index contributed by atoms with van der Waals surface area (Å²) < 4.78 is 23.8. The molecule has 10 heteroatoms. The average molecular weight is 624 g/mol. The van der Waals surface area contributed by atoms with Crippen molar-refractivity contribution in [2.75, 3.05) is 13.7 Å². The predicted molar refractivity (Wildman–Crippen MR) is 165 cm³/mol. The van der Waals surface area contributed by atoms with Crippen LogP contribution in [0.5, 0.6) is 23.0 Å². The summed E-state index contributed by atoms with van der Waals surface area (Å²) in [5.41, 5.74) is 7.92. The maximum absolute atomic E-state index is 13.1. The molecule has 7 nitrogen and oxygen atoms in total. The van der Waals surface area contributed by atoms with Crippen LogP contribution in [0.4, 0.5) is 0 Å². The van der Waals surface area contributed by atoms with Crippen LogP contribution in [-0.2, 0) is 0 Å². The molecule has 0 fully saturated rings. The van der Waals surface area contributed by atoms with E-state index in [1.807, 2.05) is 24.3 Å². The fourth-order valence-electron chi connectivity index (χ4n) is 4.89. The van der Waals surface area contributed by atoms with E-state index in [-0.39, 0.29) is 27.1 Å². The molecule has 0 spiro atoms. The highest BCUT2D eigenvalue weighted by Gasteiger charge is 2.32. The van der Waals surface area contributed by atoms with Crippen LogP contribution in [0.15, 0.2) is 66.1 Å². The van der Waals surface area contributed by atoms with Gasteiger partial charge >= 0.3 is 5.97 Å². The Hall–Kier alpha value is -3.90. The van der Waals surface area contributed by atoms with Gasteiger partial charge in [-0.3, -0.25) is 0 Å². The average Bonchev–Trinajstić information content (AvgIpc) is 3.33. The van der Waals surface area contributed by atoms with Gasteiger partial charge in [0.15, 0.2) is 11.5 Å². The summed E-state index contributed by atoms with van der Waals surface area (Å²) in [6, 6.07) is 18.1. The van der Waals surface area contributed by atoms with E-state index in [9.17, 15) is 10.1 Å². The fourth-order valence-corrected chi connectivity index (χ4v) is 6.71. The second kappa shape index (κ2) is 13.0. The molecule has 0 amide bonds. The number of nitriles is 1. The van der Waals surface area contributed by atoms with E-state index in [0.717, 1.165) is 29.5 Å². The molecule has 1 aliphatic rings. The number of hydrogen-bond acceptors (Lipinski definition) is 8. The molecule has 4 aromatic rings. The van der Waals surface area contributed by atoms with E-state index < -0.39 is 11.9 Å². The van der Waals surface area contributed by atoms with Crippen molar-refractivity contribution in [1.82, 2.24) is 0 Å². The van der Waals surface area contributed by atoms with Crippen molar-refractivity contribution in [2.24, 2.45) is 5.73 Å². The quantitative estimate of drug-likeness (QED) is 0.107. The summed E-state index contributed by atoms with van der Waals surface area (Å²) in [7, 11) is 1.58. The maximum atomic E-state index is 13.1. The standard InChI is InChI=1S/C32H28Cl2N2O5S/c1-3-4-5-6-14-39-23-13-10-18(15-25(23)38-2)27-20-12-11-19(16-24(20)41-31(36)21(27)17-35)40-32(37)30-29(34)28-22(33)8-7-9-26(28)42-30/h7-13,15-16,27H,3-6,14,36H2,1-2H3. The third kappa shape index (κ3) is 5.86. The number of carbonyl (C=O) groups is 1. The van der Waals surface area contributed by atoms with Crippen LogP contribution in [-0.4, -0.2) is 19.7 Å². The first-order chi connectivity index (χ1) is 20.4. The van der Waals surface area contributed by atoms with E-state index in [0.29, 0.717) is 39.8 Å². The van der Waals surface area contributed by atoms with E-state index in [1.165, 1.54) is 17.8 Å². The van der Waals surface area contributed by atoms with Gasteiger partial charge in [0.25, 0.3) is 0 Å². The van der Waals surface area contributed by atoms with Crippen LogP contribution in [0.3, 0.4) is 0 Å². The zero-order valence-corrected chi connectivity index (χ0v) is 25.4. The molecule has 3 aromatic carbocycles. The van der Waals surface area contributed by atoms with Crippen LogP contribution in [0, 0.1) is 11.3 Å². The third-order valence-electron chi connectivity index (χ3n) is 6.97. The second-order valence-corrected chi connectivity index (χ2v) is 11.5. The molecule has 5 rings (SSSR count). The first-order valence-electron chi connectivity index (χ1n) is 13.5. The monoisotopic (exact) mass is 622 g/mol. The van der Waals surface area contributed by atoms with Gasteiger partial charge in [-0.05, 0) is 42.3 Å². The number of nitrogens with two attached hydrogens (primary N) is 1. The molecule has 42 heavy (non-hydrogen) atoms. The number of ether oxygens (including phenoxy) is 4. The van der Waals surface area contributed by atoms with Crippen LogP contribution >= 0.6 is 34.5 Å². The highest BCUT2D eigenvalue weighted by atomic mass is 35.5. The summed E-state index contributed by atoms with van der Waals surface area (Å²) in [5.74, 6) is 0.589. The summed E-state index contributed by atoms with van der Waals surface area (Å²) >= 11 is 14.0. The molecule has 1 aromatic heterocycles. The number of esters is 1. The SMILES string of the molecule is CCCCCCOc1ccc(C2C(C#N)=C(N)Oc3cc(OC(=O)c4sc5cccc(Cl)c5c4Cl)ccc32)cc1OC. The normalized spacial score (nSPS) is 14.2. The number of carbonyl (C=O) groups excluding carboxylic acids is 1. The van der Waals surface area contributed by atoms with Gasteiger partial charge in [0.05, 0.1) is 29.7 Å². The number of allylic oxidation sites excluding steroid dienone is 1. The van der Waals surface area contributed by atoms with Crippen molar-refractivity contribution in [3.8, 4) is 29.1 Å². The molecule has 216 valence electrons. The van der Waals surface area contributed by atoms with E-state index in [1.54, 1.807) is 37.4 Å². The van der Waals surface area contributed by atoms with Gasteiger partial charge in [-0.25, -0.2) is 4.79 Å². The van der Waals surface area contributed by atoms with Crippen molar-refractivity contribution in [3.63, 3.8) is 0 Å². The summed E-state index contributed by atoms with van der Waals surface area (Å²) in [4.78, 5) is 13.3. The molecule has 2 N–H and O–H groups in total. The van der Waals surface area contributed by atoms with Crippen molar-refractivity contribution in [3.05, 3.63) is 92.1 Å². The van der Waals surface area contributed by atoms with Gasteiger partial charge in [-0.1, -0.05) is 67.6 Å². The molecule has 0 saturated heterocycles. The predicted octanol–water partition coefficient (Wildman–Crippen LogP) is 8.61. The first kappa shape index (κ1) is 29.6. The third-order valence-corrected chi connectivity index (χ3v) is 8.91. The number of thiophene rings is 1. The molecule has 0 aliphatic carbocycles. The van der Waals surface area contributed by atoms with Crippen LogP contribution < -0.4 is 24.7 Å².